The number of carbonyl (C=O) groups excluding carboxylic acids is 1. The smallest absolute Gasteiger partial charge is 0.243 e. The van der Waals surface area contributed by atoms with Gasteiger partial charge in [0.05, 0.1) is 17.9 Å². The van der Waals surface area contributed by atoms with Crippen LogP contribution in [0.3, 0.4) is 0 Å². The Balaban J connectivity index is 1.38. The van der Waals surface area contributed by atoms with Crippen LogP contribution < -0.4 is 9.64 Å². The van der Waals surface area contributed by atoms with Crippen molar-refractivity contribution in [3.63, 3.8) is 0 Å². The predicted molar refractivity (Wildman–Crippen MR) is 120 cm³/mol. The number of piperidine rings is 1. The van der Waals surface area contributed by atoms with E-state index in [0.29, 0.717) is 31.8 Å². The summed E-state index contributed by atoms with van der Waals surface area (Å²) in [5, 5.41) is 0. The van der Waals surface area contributed by atoms with E-state index < -0.39 is 10.0 Å². The minimum absolute atomic E-state index is 0.0716. The maximum absolute atomic E-state index is 13.2. The molecular formula is C23H29N3O4S. The zero-order valence-corrected chi connectivity index (χ0v) is 18.6. The van der Waals surface area contributed by atoms with E-state index in [1.807, 2.05) is 23.1 Å². The number of rotatable bonds is 5. The highest BCUT2D eigenvalue weighted by atomic mass is 32.2. The first kappa shape index (κ1) is 21.6. The van der Waals surface area contributed by atoms with Gasteiger partial charge in [-0.1, -0.05) is 18.2 Å². The Morgan fingerprint density at radius 3 is 2.26 bits per heavy atom. The van der Waals surface area contributed by atoms with Crippen molar-refractivity contribution in [1.82, 2.24) is 9.21 Å². The van der Waals surface area contributed by atoms with Gasteiger partial charge in [0.1, 0.15) is 5.75 Å². The standard InChI is InChI=1S/C23H29N3O4S/c1-30-21-9-11-22(12-10-21)31(28,29)26-13-5-6-19(18-26)23(27)25-16-14-24(15-17-25)20-7-3-2-4-8-20/h2-4,7-12,19H,5-6,13-18H2,1H3. The van der Waals surface area contributed by atoms with Crippen LogP contribution in [-0.4, -0.2) is 69.9 Å². The van der Waals surface area contributed by atoms with Gasteiger partial charge in [-0.05, 0) is 49.2 Å². The van der Waals surface area contributed by atoms with Crippen molar-refractivity contribution in [3.05, 3.63) is 54.6 Å². The second kappa shape index (κ2) is 9.28. The van der Waals surface area contributed by atoms with Crippen LogP contribution in [0.4, 0.5) is 5.69 Å². The number of hydrogen-bond acceptors (Lipinski definition) is 5. The quantitative estimate of drug-likeness (QED) is 0.710. The number of amides is 1. The van der Waals surface area contributed by atoms with Gasteiger partial charge in [-0.2, -0.15) is 4.31 Å². The summed E-state index contributed by atoms with van der Waals surface area (Å²) in [4.78, 5) is 17.6. The number of methoxy groups -OCH3 is 1. The number of carbonyl (C=O) groups is 1. The van der Waals surface area contributed by atoms with Crippen LogP contribution in [0.1, 0.15) is 12.8 Å². The molecule has 166 valence electrons. The lowest BCUT2D eigenvalue weighted by Crippen LogP contribution is -2.53. The molecule has 2 aromatic rings. The van der Waals surface area contributed by atoms with Crippen LogP contribution >= 0.6 is 0 Å². The zero-order valence-electron chi connectivity index (χ0n) is 17.8. The second-order valence-electron chi connectivity index (χ2n) is 8.03. The first-order valence-electron chi connectivity index (χ1n) is 10.7. The van der Waals surface area contributed by atoms with Crippen molar-refractivity contribution in [2.75, 3.05) is 51.3 Å². The Kier molecular flexibility index (Phi) is 6.48. The van der Waals surface area contributed by atoms with Crippen molar-refractivity contribution >= 4 is 21.6 Å². The van der Waals surface area contributed by atoms with Gasteiger partial charge in [0.2, 0.25) is 15.9 Å². The van der Waals surface area contributed by atoms with Crippen LogP contribution in [-0.2, 0) is 14.8 Å². The third kappa shape index (κ3) is 4.70. The maximum atomic E-state index is 13.2. The van der Waals surface area contributed by atoms with E-state index in [-0.39, 0.29) is 23.3 Å². The van der Waals surface area contributed by atoms with Crippen LogP contribution in [0.2, 0.25) is 0 Å². The normalized spacial score (nSPS) is 20.5. The first-order chi connectivity index (χ1) is 15.0. The van der Waals surface area contributed by atoms with Gasteiger partial charge in [0.15, 0.2) is 0 Å². The van der Waals surface area contributed by atoms with E-state index in [1.54, 1.807) is 31.4 Å². The van der Waals surface area contributed by atoms with Crippen molar-refractivity contribution < 1.29 is 17.9 Å². The lowest BCUT2D eigenvalue weighted by molar-refractivity contribution is -0.137. The molecule has 0 aliphatic carbocycles. The average Bonchev–Trinajstić information content (AvgIpc) is 2.84. The van der Waals surface area contributed by atoms with Gasteiger partial charge >= 0.3 is 0 Å². The molecule has 0 aromatic heterocycles. The van der Waals surface area contributed by atoms with Gasteiger partial charge in [0, 0.05) is 45.0 Å². The number of anilines is 1. The lowest BCUT2D eigenvalue weighted by Gasteiger charge is -2.39. The summed E-state index contributed by atoms with van der Waals surface area (Å²) in [7, 11) is -2.08. The van der Waals surface area contributed by atoms with Crippen LogP contribution in [0.25, 0.3) is 0 Å². The highest BCUT2D eigenvalue weighted by molar-refractivity contribution is 7.89. The number of para-hydroxylation sites is 1. The Morgan fingerprint density at radius 2 is 1.61 bits per heavy atom. The molecule has 2 fully saturated rings. The number of benzene rings is 2. The molecule has 8 heteroatoms. The molecule has 7 nitrogen and oxygen atoms in total. The van der Waals surface area contributed by atoms with E-state index >= 15 is 0 Å². The van der Waals surface area contributed by atoms with Crippen LogP contribution in [0.15, 0.2) is 59.5 Å². The van der Waals surface area contributed by atoms with Gasteiger partial charge in [-0.15, -0.1) is 0 Å². The van der Waals surface area contributed by atoms with Crippen molar-refractivity contribution in [3.8, 4) is 5.75 Å². The summed E-state index contributed by atoms with van der Waals surface area (Å²) < 4.78 is 32.7. The fourth-order valence-corrected chi connectivity index (χ4v) is 5.86. The minimum Gasteiger partial charge on any atom is -0.497 e. The molecule has 0 saturated carbocycles. The van der Waals surface area contributed by atoms with E-state index in [2.05, 4.69) is 17.0 Å². The SMILES string of the molecule is COc1ccc(S(=O)(=O)N2CCCC(C(=O)N3CCN(c4ccccc4)CC3)C2)cc1. The highest BCUT2D eigenvalue weighted by Crippen LogP contribution is 2.27. The first-order valence-corrected chi connectivity index (χ1v) is 12.2. The predicted octanol–water partition coefficient (Wildman–Crippen LogP) is 2.44. The second-order valence-corrected chi connectivity index (χ2v) is 9.96. The Morgan fingerprint density at radius 1 is 0.935 bits per heavy atom. The van der Waals surface area contributed by atoms with E-state index in [9.17, 15) is 13.2 Å². The molecular weight excluding hydrogens is 414 g/mol. The summed E-state index contributed by atoms with van der Waals surface area (Å²) in [6.07, 6.45) is 1.42. The molecule has 1 atom stereocenters. The Bertz CT molecular complexity index is 987. The van der Waals surface area contributed by atoms with Crippen molar-refractivity contribution in [1.29, 1.82) is 0 Å². The van der Waals surface area contributed by atoms with E-state index in [0.717, 1.165) is 19.5 Å². The molecule has 0 N–H and O–H groups in total. The molecule has 1 unspecified atom stereocenters. The van der Waals surface area contributed by atoms with Crippen molar-refractivity contribution in [2.24, 2.45) is 5.92 Å². The fourth-order valence-electron chi connectivity index (χ4n) is 4.34. The fraction of sp³-hybridized carbons (Fsp3) is 0.435. The number of hydrogen-bond donors (Lipinski definition) is 0. The lowest BCUT2D eigenvalue weighted by atomic mass is 9.97. The molecule has 0 bridgehead atoms. The molecule has 31 heavy (non-hydrogen) atoms. The van der Waals surface area contributed by atoms with Gasteiger partial charge < -0.3 is 14.5 Å². The van der Waals surface area contributed by atoms with E-state index in [1.165, 1.54) is 9.99 Å². The van der Waals surface area contributed by atoms with Crippen LogP contribution in [0.5, 0.6) is 5.75 Å². The molecule has 2 heterocycles. The number of ether oxygens (including phenoxy) is 1. The average molecular weight is 444 g/mol. The number of piperazine rings is 1. The van der Waals surface area contributed by atoms with Gasteiger partial charge in [-0.3, -0.25) is 4.79 Å². The molecule has 0 spiro atoms. The number of nitrogens with zero attached hydrogens (tertiary/aromatic N) is 3. The van der Waals surface area contributed by atoms with E-state index in [4.69, 9.17) is 4.74 Å². The third-order valence-electron chi connectivity index (χ3n) is 6.14. The van der Waals surface area contributed by atoms with Crippen LogP contribution in [0, 0.1) is 5.92 Å². The largest absolute Gasteiger partial charge is 0.497 e. The Labute approximate surface area is 184 Å². The summed E-state index contributed by atoms with van der Waals surface area (Å²) in [5.74, 6) is 0.396. The summed E-state index contributed by atoms with van der Waals surface area (Å²) in [6.45, 7) is 3.59. The maximum Gasteiger partial charge on any atom is 0.243 e. The molecule has 4 rings (SSSR count). The highest BCUT2D eigenvalue weighted by Gasteiger charge is 2.35. The van der Waals surface area contributed by atoms with Gasteiger partial charge in [0.25, 0.3) is 0 Å². The topological polar surface area (TPSA) is 70.2 Å². The minimum atomic E-state index is -3.63. The molecule has 2 aliphatic rings. The number of sulfonamides is 1. The monoisotopic (exact) mass is 443 g/mol. The Hall–Kier alpha value is -2.58. The summed E-state index contributed by atoms with van der Waals surface area (Å²) >= 11 is 0. The van der Waals surface area contributed by atoms with Gasteiger partial charge in [-0.25, -0.2) is 8.42 Å². The molecule has 0 radical (unpaired) electrons. The van der Waals surface area contributed by atoms with Crippen molar-refractivity contribution in [2.45, 2.75) is 17.7 Å². The third-order valence-corrected chi connectivity index (χ3v) is 8.02. The molecule has 1 amide bonds. The summed E-state index contributed by atoms with van der Waals surface area (Å²) in [5.41, 5.74) is 1.17. The zero-order chi connectivity index (χ0) is 21.8. The molecule has 2 aromatic carbocycles. The molecule has 2 saturated heterocycles. The summed E-state index contributed by atoms with van der Waals surface area (Å²) in [6, 6.07) is 16.6. The molecule has 2 aliphatic heterocycles.